The van der Waals surface area contributed by atoms with Gasteiger partial charge in [-0.2, -0.15) is 0 Å². The Bertz CT molecular complexity index is 1350. The van der Waals surface area contributed by atoms with Gasteiger partial charge in [-0.15, -0.1) is 0 Å². The number of piperidine rings is 2. The normalized spacial score (nSPS) is 25.0. The number of para-hydroxylation sites is 4. The van der Waals surface area contributed by atoms with Crippen molar-refractivity contribution in [2.24, 2.45) is 11.8 Å². The predicted octanol–water partition coefficient (Wildman–Crippen LogP) is 5.99. The van der Waals surface area contributed by atoms with E-state index in [-0.39, 0.29) is 30.0 Å². The van der Waals surface area contributed by atoms with Gasteiger partial charge in [0.15, 0.2) is 0 Å². The molecule has 0 saturated carbocycles. The molecule has 0 amide bonds. The first-order valence-corrected chi connectivity index (χ1v) is 14.2. The molecule has 4 aromatic rings. The molecule has 6 rings (SSSR count). The van der Waals surface area contributed by atoms with Gasteiger partial charge in [0.2, 0.25) is 0 Å². The van der Waals surface area contributed by atoms with E-state index < -0.39 is 11.8 Å². The second-order valence-electron chi connectivity index (χ2n) is 10.7. The Morgan fingerprint density at radius 3 is 0.905 bits per heavy atom. The van der Waals surface area contributed by atoms with E-state index >= 15 is 4.79 Å². The van der Waals surface area contributed by atoms with E-state index in [0.29, 0.717) is 0 Å². The van der Waals surface area contributed by atoms with Gasteiger partial charge in [0.25, 0.3) is 0 Å². The van der Waals surface area contributed by atoms with Crippen LogP contribution >= 0.6 is 0 Å². The van der Waals surface area contributed by atoms with Crippen LogP contribution < -0.4 is 29.6 Å². The molecule has 2 aliphatic heterocycles. The van der Waals surface area contributed by atoms with Crippen LogP contribution in [0.3, 0.4) is 0 Å². The molecule has 0 spiro atoms. The van der Waals surface area contributed by atoms with Gasteiger partial charge in [-0.1, -0.05) is 72.8 Å². The number of ether oxygens (including phenoxy) is 4. The minimum absolute atomic E-state index is 0.158. The Morgan fingerprint density at radius 2 is 0.667 bits per heavy atom. The third kappa shape index (κ3) is 4.68. The Morgan fingerprint density at radius 1 is 0.429 bits per heavy atom. The lowest BCUT2D eigenvalue weighted by molar-refractivity contribution is -0.139. The van der Waals surface area contributed by atoms with E-state index in [1.807, 2.05) is 97.1 Å². The standard InChI is InChI=1S/C35H36N2O5/c1-39-25-17-9-5-13-21(25)31-29-32(22-14-6-10-18-26(22)40-2)37-34(24-16-8-12-20-28(24)42-4)30(35(29)38)33(36-31)23-15-7-11-19-27(23)41-3/h5-20,29-34,36-37H,1-4H3/t29?,30?,31-,32+,33-,34+. The zero-order valence-corrected chi connectivity index (χ0v) is 24.2. The van der Waals surface area contributed by atoms with Crippen molar-refractivity contribution >= 4 is 5.78 Å². The highest BCUT2D eigenvalue weighted by Gasteiger charge is 2.56. The molecule has 42 heavy (non-hydrogen) atoms. The van der Waals surface area contributed by atoms with Crippen LogP contribution in [0.25, 0.3) is 0 Å². The van der Waals surface area contributed by atoms with Crippen molar-refractivity contribution in [3.05, 3.63) is 119 Å². The van der Waals surface area contributed by atoms with Gasteiger partial charge in [-0.25, -0.2) is 0 Å². The quantitative estimate of drug-likeness (QED) is 0.272. The molecule has 0 aromatic heterocycles. The first kappa shape index (κ1) is 27.8. The van der Waals surface area contributed by atoms with Crippen LogP contribution in [0.15, 0.2) is 97.1 Å². The minimum Gasteiger partial charge on any atom is -0.496 e. The molecule has 6 atom stereocenters. The molecule has 2 unspecified atom stereocenters. The Labute approximate surface area is 246 Å². The summed E-state index contributed by atoms with van der Waals surface area (Å²) in [6, 6.07) is 30.2. The fourth-order valence-corrected chi connectivity index (χ4v) is 6.89. The van der Waals surface area contributed by atoms with E-state index in [2.05, 4.69) is 10.6 Å². The molecule has 2 bridgehead atoms. The van der Waals surface area contributed by atoms with E-state index in [4.69, 9.17) is 18.9 Å². The molecule has 2 aliphatic rings. The molecule has 2 fully saturated rings. The molecule has 2 saturated heterocycles. The lowest BCUT2D eigenvalue weighted by Gasteiger charge is -2.53. The molecule has 0 radical (unpaired) electrons. The monoisotopic (exact) mass is 564 g/mol. The Kier molecular flexibility index (Phi) is 7.87. The van der Waals surface area contributed by atoms with E-state index in [0.717, 1.165) is 45.3 Å². The van der Waals surface area contributed by atoms with Crippen LogP contribution in [0.5, 0.6) is 23.0 Å². The zero-order valence-electron chi connectivity index (χ0n) is 24.2. The highest BCUT2D eigenvalue weighted by Crippen LogP contribution is 2.55. The SMILES string of the molecule is COc1ccccc1[C@H]1N[C@H](c2ccccc2OC)C2C(=O)C1[C@H](c1ccccc1OC)N[C@H]2c1ccccc1OC. The molecular formula is C35H36N2O5. The lowest BCUT2D eigenvalue weighted by Crippen LogP contribution is -2.60. The van der Waals surface area contributed by atoms with E-state index in [1.165, 1.54) is 0 Å². The van der Waals surface area contributed by atoms with Crippen LogP contribution in [0.2, 0.25) is 0 Å². The number of nitrogens with one attached hydrogen (secondary N) is 2. The van der Waals surface area contributed by atoms with Crippen molar-refractivity contribution in [1.82, 2.24) is 10.6 Å². The van der Waals surface area contributed by atoms with Gasteiger partial charge in [-0.05, 0) is 24.3 Å². The molecule has 7 heteroatoms. The number of hydrogen-bond acceptors (Lipinski definition) is 7. The smallest absolute Gasteiger partial charge is 0.146 e. The molecule has 4 aromatic carbocycles. The maximum atomic E-state index is 15.1. The summed E-state index contributed by atoms with van der Waals surface area (Å²) in [6.45, 7) is 0. The van der Waals surface area contributed by atoms with Crippen molar-refractivity contribution in [3.63, 3.8) is 0 Å². The Balaban J connectivity index is 1.59. The summed E-state index contributed by atoms with van der Waals surface area (Å²) in [7, 11) is 6.66. The van der Waals surface area contributed by atoms with Crippen molar-refractivity contribution in [1.29, 1.82) is 0 Å². The lowest BCUT2D eigenvalue weighted by atomic mass is 9.63. The number of rotatable bonds is 8. The third-order valence-corrected chi connectivity index (χ3v) is 8.71. The maximum Gasteiger partial charge on any atom is 0.146 e. The molecule has 7 nitrogen and oxygen atoms in total. The number of ketones is 1. The molecular weight excluding hydrogens is 528 g/mol. The van der Waals surface area contributed by atoms with Crippen molar-refractivity contribution in [2.45, 2.75) is 24.2 Å². The average molecular weight is 565 g/mol. The summed E-state index contributed by atoms with van der Waals surface area (Å²) in [5.41, 5.74) is 3.70. The summed E-state index contributed by atoms with van der Waals surface area (Å²) in [4.78, 5) is 15.1. The molecule has 2 heterocycles. The highest BCUT2D eigenvalue weighted by molar-refractivity contribution is 5.89. The number of methoxy groups -OCH3 is 4. The fourth-order valence-electron chi connectivity index (χ4n) is 6.89. The largest absolute Gasteiger partial charge is 0.496 e. The van der Waals surface area contributed by atoms with Gasteiger partial charge < -0.3 is 29.6 Å². The number of carbonyl (C=O) groups excluding carboxylic acids is 1. The topological polar surface area (TPSA) is 78.1 Å². The van der Waals surface area contributed by atoms with Gasteiger partial charge in [0.1, 0.15) is 28.8 Å². The zero-order chi connectivity index (χ0) is 29.2. The van der Waals surface area contributed by atoms with Crippen LogP contribution in [-0.2, 0) is 4.79 Å². The van der Waals surface area contributed by atoms with Gasteiger partial charge in [0, 0.05) is 46.4 Å². The van der Waals surface area contributed by atoms with Gasteiger partial charge in [0.05, 0.1) is 40.3 Å². The maximum absolute atomic E-state index is 15.1. The summed E-state index contributed by atoms with van der Waals surface area (Å²) >= 11 is 0. The predicted molar refractivity (Wildman–Crippen MR) is 161 cm³/mol. The molecule has 2 N–H and O–H groups in total. The average Bonchev–Trinajstić information content (AvgIpc) is 3.05. The van der Waals surface area contributed by atoms with E-state index in [1.54, 1.807) is 28.4 Å². The van der Waals surface area contributed by atoms with Crippen LogP contribution in [0, 0.1) is 11.8 Å². The minimum atomic E-state index is -0.459. The van der Waals surface area contributed by atoms with Gasteiger partial charge in [-0.3, -0.25) is 4.79 Å². The van der Waals surface area contributed by atoms with Crippen LogP contribution in [0.4, 0.5) is 0 Å². The first-order valence-electron chi connectivity index (χ1n) is 14.2. The van der Waals surface area contributed by atoms with Crippen LogP contribution in [0.1, 0.15) is 46.4 Å². The number of hydrogen-bond donors (Lipinski definition) is 2. The summed E-state index contributed by atoms with van der Waals surface area (Å²) < 4.78 is 23.3. The second kappa shape index (κ2) is 11.9. The summed E-state index contributed by atoms with van der Waals surface area (Å²) in [6.07, 6.45) is 0. The number of fused-ring (bicyclic) bond motifs is 2. The van der Waals surface area contributed by atoms with Gasteiger partial charge >= 0.3 is 0 Å². The number of benzene rings is 4. The van der Waals surface area contributed by atoms with Crippen LogP contribution in [-0.4, -0.2) is 34.2 Å². The van der Waals surface area contributed by atoms with E-state index in [9.17, 15) is 0 Å². The third-order valence-electron chi connectivity index (χ3n) is 8.71. The number of carbonyl (C=O) groups is 1. The Hall–Kier alpha value is -4.33. The molecule has 216 valence electrons. The van der Waals surface area contributed by atoms with Crippen molar-refractivity contribution in [3.8, 4) is 23.0 Å². The second-order valence-corrected chi connectivity index (χ2v) is 10.7. The fraction of sp³-hybridized carbons (Fsp3) is 0.286. The molecule has 0 aliphatic carbocycles. The first-order chi connectivity index (χ1) is 20.6. The van der Waals surface area contributed by atoms with Crippen molar-refractivity contribution in [2.75, 3.05) is 28.4 Å². The summed E-state index contributed by atoms with van der Waals surface area (Å²) in [5.74, 6) is 2.15. The highest BCUT2D eigenvalue weighted by atomic mass is 16.5. The van der Waals surface area contributed by atoms with Crippen molar-refractivity contribution < 1.29 is 23.7 Å². The number of Topliss-reactive ketones (excluding diaryl/α,β-unsaturated/α-hetero) is 1. The summed E-state index contributed by atoms with van der Waals surface area (Å²) in [5, 5.41) is 7.88.